The summed E-state index contributed by atoms with van der Waals surface area (Å²) >= 11 is 6.20. The molecule has 0 bridgehead atoms. The lowest BCUT2D eigenvalue weighted by atomic mass is 9.91. The van der Waals surface area contributed by atoms with Crippen molar-refractivity contribution in [1.29, 1.82) is 0 Å². The Morgan fingerprint density at radius 3 is 0.973 bits per heavy atom. The van der Waals surface area contributed by atoms with Gasteiger partial charge in [0.15, 0.2) is 0 Å². The number of hydrogen-bond acceptors (Lipinski definition) is 0. The highest BCUT2D eigenvalue weighted by Gasteiger charge is 2.10. The van der Waals surface area contributed by atoms with Crippen LogP contribution in [0.1, 0.15) is 0 Å². The first-order chi connectivity index (χ1) is 18.2. The number of hydrogen-bond donors (Lipinski definition) is 0. The lowest BCUT2D eigenvalue weighted by molar-refractivity contribution is 1.55. The summed E-state index contributed by atoms with van der Waals surface area (Å²) in [5.74, 6) is 0. The monoisotopic (exact) mass is 492 g/mol. The molecule has 0 unspecified atom stereocenters. The van der Waals surface area contributed by atoms with E-state index in [9.17, 15) is 0 Å². The Hall–Kier alpha value is -4.39. The van der Waals surface area contributed by atoms with Crippen molar-refractivity contribution in [2.24, 2.45) is 0 Å². The molecular formula is C36H25Cl. The van der Waals surface area contributed by atoms with Gasteiger partial charge >= 0.3 is 0 Å². The Balaban J connectivity index is 1.50. The highest BCUT2D eigenvalue weighted by molar-refractivity contribution is 6.30. The Morgan fingerprint density at radius 1 is 0.243 bits per heavy atom. The first-order valence-corrected chi connectivity index (χ1v) is 12.8. The fraction of sp³-hybridized carbons (Fsp3) is 0. The smallest absolute Gasteiger partial charge is 0.0406 e. The van der Waals surface area contributed by atoms with Crippen LogP contribution in [-0.2, 0) is 0 Å². The van der Waals surface area contributed by atoms with Gasteiger partial charge in [0.05, 0.1) is 0 Å². The molecule has 0 radical (unpaired) electrons. The van der Waals surface area contributed by atoms with Crippen molar-refractivity contribution in [3.8, 4) is 55.6 Å². The van der Waals surface area contributed by atoms with Crippen molar-refractivity contribution in [3.05, 3.63) is 157 Å². The minimum absolute atomic E-state index is 0.742. The van der Waals surface area contributed by atoms with E-state index in [1.165, 1.54) is 50.1 Å². The third-order valence-corrected chi connectivity index (χ3v) is 6.97. The molecule has 0 aliphatic rings. The van der Waals surface area contributed by atoms with Crippen LogP contribution in [0.4, 0.5) is 0 Å². The van der Waals surface area contributed by atoms with Gasteiger partial charge in [0.2, 0.25) is 0 Å². The van der Waals surface area contributed by atoms with E-state index in [0.29, 0.717) is 0 Å². The summed E-state index contributed by atoms with van der Waals surface area (Å²) in [6, 6.07) is 53.6. The zero-order valence-corrected chi connectivity index (χ0v) is 21.1. The van der Waals surface area contributed by atoms with E-state index < -0.39 is 0 Å². The maximum atomic E-state index is 6.20. The fourth-order valence-electron chi connectivity index (χ4n) is 4.79. The van der Waals surface area contributed by atoms with E-state index in [1.807, 2.05) is 12.1 Å². The summed E-state index contributed by atoms with van der Waals surface area (Å²) in [6.45, 7) is 0. The molecule has 0 saturated carbocycles. The molecule has 6 rings (SSSR count). The quantitative estimate of drug-likeness (QED) is 0.224. The van der Waals surface area contributed by atoms with E-state index in [-0.39, 0.29) is 0 Å². The third kappa shape index (κ3) is 5.11. The van der Waals surface area contributed by atoms with Gasteiger partial charge in [0.25, 0.3) is 0 Å². The molecule has 176 valence electrons. The molecule has 1 heteroatoms. The molecule has 0 aliphatic heterocycles. The molecule has 0 amide bonds. The molecule has 0 N–H and O–H groups in total. The molecule has 6 aromatic carbocycles. The van der Waals surface area contributed by atoms with Crippen LogP contribution in [0, 0.1) is 0 Å². The first-order valence-electron chi connectivity index (χ1n) is 12.5. The second-order valence-electron chi connectivity index (χ2n) is 9.20. The molecule has 0 aromatic heterocycles. The van der Waals surface area contributed by atoms with Gasteiger partial charge < -0.3 is 0 Å². The molecule has 0 aliphatic carbocycles. The standard InChI is InChI=1S/C36H25Cl/c37-36-19-17-28(18-20-36)33-23-34(31-15-7-13-29(21-31)26-9-3-1-4-10-26)25-35(24-33)32-16-8-14-30(22-32)27-11-5-2-6-12-27/h1-25H. The number of halogens is 1. The van der Waals surface area contributed by atoms with Gasteiger partial charge in [0.1, 0.15) is 0 Å². The fourth-order valence-corrected chi connectivity index (χ4v) is 4.91. The third-order valence-electron chi connectivity index (χ3n) is 6.72. The molecule has 0 nitrogen and oxygen atoms in total. The van der Waals surface area contributed by atoms with Crippen LogP contribution in [0.25, 0.3) is 55.6 Å². The maximum Gasteiger partial charge on any atom is 0.0406 e. The van der Waals surface area contributed by atoms with Crippen molar-refractivity contribution in [2.45, 2.75) is 0 Å². The Kier molecular flexibility index (Phi) is 6.42. The number of benzene rings is 6. The van der Waals surface area contributed by atoms with Gasteiger partial charge in [-0.3, -0.25) is 0 Å². The highest BCUT2D eigenvalue weighted by atomic mass is 35.5. The van der Waals surface area contributed by atoms with E-state index in [4.69, 9.17) is 11.6 Å². The summed E-state index contributed by atoms with van der Waals surface area (Å²) in [5, 5.41) is 0.742. The van der Waals surface area contributed by atoms with Gasteiger partial charge in [0, 0.05) is 5.02 Å². The molecule has 0 fully saturated rings. The van der Waals surface area contributed by atoms with Crippen molar-refractivity contribution in [1.82, 2.24) is 0 Å². The van der Waals surface area contributed by atoms with E-state index >= 15 is 0 Å². The summed E-state index contributed by atoms with van der Waals surface area (Å²) in [5.41, 5.74) is 11.9. The molecule has 37 heavy (non-hydrogen) atoms. The number of rotatable bonds is 5. The first kappa shape index (κ1) is 23.0. The second-order valence-corrected chi connectivity index (χ2v) is 9.64. The predicted molar refractivity (Wildman–Crippen MR) is 159 cm³/mol. The normalized spacial score (nSPS) is 10.8. The van der Waals surface area contributed by atoms with Gasteiger partial charge in [-0.1, -0.05) is 121 Å². The van der Waals surface area contributed by atoms with E-state index in [2.05, 4.69) is 140 Å². The zero-order chi connectivity index (χ0) is 25.0. The van der Waals surface area contributed by atoms with Crippen LogP contribution < -0.4 is 0 Å². The van der Waals surface area contributed by atoms with E-state index in [0.717, 1.165) is 10.6 Å². The summed E-state index contributed by atoms with van der Waals surface area (Å²) in [4.78, 5) is 0. The molecular weight excluding hydrogens is 468 g/mol. The summed E-state index contributed by atoms with van der Waals surface area (Å²) in [6.07, 6.45) is 0. The van der Waals surface area contributed by atoms with Crippen LogP contribution >= 0.6 is 11.6 Å². The molecule has 0 heterocycles. The van der Waals surface area contributed by atoms with Gasteiger partial charge in [-0.15, -0.1) is 0 Å². The molecule has 0 saturated heterocycles. The topological polar surface area (TPSA) is 0 Å². The molecule has 0 spiro atoms. The zero-order valence-electron chi connectivity index (χ0n) is 20.3. The largest absolute Gasteiger partial charge is 0.0843 e. The van der Waals surface area contributed by atoms with Crippen LogP contribution in [0.5, 0.6) is 0 Å². The van der Waals surface area contributed by atoms with Crippen molar-refractivity contribution >= 4 is 11.6 Å². The van der Waals surface area contributed by atoms with Crippen molar-refractivity contribution in [3.63, 3.8) is 0 Å². The molecule has 6 aromatic rings. The van der Waals surface area contributed by atoms with Crippen molar-refractivity contribution in [2.75, 3.05) is 0 Å². The minimum Gasteiger partial charge on any atom is -0.0843 e. The van der Waals surface area contributed by atoms with Gasteiger partial charge in [-0.05, 0) is 98.1 Å². The molecule has 0 atom stereocenters. The average Bonchev–Trinajstić information content (AvgIpc) is 2.98. The summed E-state index contributed by atoms with van der Waals surface area (Å²) in [7, 11) is 0. The predicted octanol–water partition coefficient (Wildman–Crippen LogP) is 10.7. The van der Waals surface area contributed by atoms with Gasteiger partial charge in [-0.25, -0.2) is 0 Å². The lowest BCUT2D eigenvalue weighted by Gasteiger charge is -2.13. The Bertz CT molecular complexity index is 1550. The van der Waals surface area contributed by atoms with Crippen LogP contribution in [0.15, 0.2) is 152 Å². The second kappa shape index (κ2) is 10.3. The Morgan fingerprint density at radius 2 is 0.541 bits per heavy atom. The van der Waals surface area contributed by atoms with Crippen LogP contribution in [0.3, 0.4) is 0 Å². The van der Waals surface area contributed by atoms with E-state index in [1.54, 1.807) is 0 Å². The highest BCUT2D eigenvalue weighted by Crippen LogP contribution is 2.36. The Labute approximate surface area is 223 Å². The van der Waals surface area contributed by atoms with Crippen LogP contribution in [0.2, 0.25) is 5.02 Å². The van der Waals surface area contributed by atoms with Crippen molar-refractivity contribution < 1.29 is 0 Å². The van der Waals surface area contributed by atoms with Crippen LogP contribution in [-0.4, -0.2) is 0 Å². The maximum absolute atomic E-state index is 6.20. The summed E-state index contributed by atoms with van der Waals surface area (Å²) < 4.78 is 0. The lowest BCUT2D eigenvalue weighted by Crippen LogP contribution is -1.88. The minimum atomic E-state index is 0.742. The average molecular weight is 493 g/mol. The van der Waals surface area contributed by atoms with Gasteiger partial charge in [-0.2, -0.15) is 0 Å². The SMILES string of the molecule is Clc1ccc(-c2cc(-c3cccc(-c4ccccc4)c3)cc(-c3cccc(-c4ccccc4)c3)c2)cc1.